The van der Waals surface area contributed by atoms with Crippen molar-refractivity contribution in [3.05, 3.63) is 35.9 Å². The van der Waals surface area contributed by atoms with Crippen molar-refractivity contribution in [2.75, 3.05) is 0 Å². The van der Waals surface area contributed by atoms with Crippen molar-refractivity contribution in [1.82, 2.24) is 0 Å². The van der Waals surface area contributed by atoms with Crippen LogP contribution in [0.25, 0.3) is 0 Å². The summed E-state index contributed by atoms with van der Waals surface area (Å²) in [5.74, 6) is 0. The van der Waals surface area contributed by atoms with Gasteiger partial charge in [-0.2, -0.15) is 0 Å². The molecule has 90 valence electrons. The molecule has 0 aliphatic heterocycles. The first-order chi connectivity index (χ1) is 7.83. The van der Waals surface area contributed by atoms with Crippen LogP contribution in [0.2, 0.25) is 0 Å². The van der Waals surface area contributed by atoms with Crippen LogP contribution in [0.4, 0.5) is 0 Å². The predicted molar refractivity (Wildman–Crippen MR) is 66.0 cm³/mol. The topological polar surface area (TPSA) is 29.5 Å². The van der Waals surface area contributed by atoms with Gasteiger partial charge < -0.3 is 9.84 Å². The Balaban J connectivity index is 2.08. The first-order valence-corrected chi connectivity index (χ1v) is 6.16. The Hall–Kier alpha value is -0.860. The molecular weight excluding hydrogens is 200 g/mol. The Kier molecular flexibility index (Phi) is 6.86. The van der Waals surface area contributed by atoms with Crippen LogP contribution in [0.1, 0.15) is 44.6 Å². The summed E-state index contributed by atoms with van der Waals surface area (Å²) < 4.78 is 5.36. The summed E-state index contributed by atoms with van der Waals surface area (Å²) in [6.07, 6.45) is 4.82. The number of unbranched alkanes of at least 4 members (excludes halogenated alkanes) is 3. The van der Waals surface area contributed by atoms with E-state index in [-0.39, 0.29) is 0 Å². The maximum Gasteiger partial charge on any atom is 0.154 e. The lowest BCUT2D eigenvalue weighted by atomic mass is 10.1. The number of aliphatic hydroxyl groups is 1. The second-order valence-corrected chi connectivity index (χ2v) is 4.10. The molecule has 0 spiro atoms. The zero-order chi connectivity index (χ0) is 11.6. The Labute approximate surface area is 98.3 Å². The molecule has 0 bridgehead atoms. The first kappa shape index (κ1) is 13.2. The van der Waals surface area contributed by atoms with E-state index in [0.717, 1.165) is 18.4 Å². The van der Waals surface area contributed by atoms with Gasteiger partial charge in [0.05, 0.1) is 6.61 Å². The fourth-order valence-corrected chi connectivity index (χ4v) is 1.60. The van der Waals surface area contributed by atoms with E-state index in [9.17, 15) is 5.11 Å². The van der Waals surface area contributed by atoms with Gasteiger partial charge in [-0.15, -0.1) is 0 Å². The quantitative estimate of drug-likeness (QED) is 0.539. The van der Waals surface area contributed by atoms with Crippen molar-refractivity contribution in [2.45, 2.75) is 51.9 Å². The summed E-state index contributed by atoms with van der Waals surface area (Å²) in [7, 11) is 0. The van der Waals surface area contributed by atoms with Gasteiger partial charge in [0.25, 0.3) is 0 Å². The zero-order valence-electron chi connectivity index (χ0n) is 10.1. The van der Waals surface area contributed by atoms with Gasteiger partial charge in [0.1, 0.15) is 0 Å². The normalized spacial score (nSPS) is 12.6. The third-order valence-electron chi connectivity index (χ3n) is 2.59. The van der Waals surface area contributed by atoms with E-state index in [1.807, 2.05) is 30.3 Å². The molecule has 0 amide bonds. The summed E-state index contributed by atoms with van der Waals surface area (Å²) in [5.41, 5.74) is 1.11. The number of rotatable bonds is 8. The smallest absolute Gasteiger partial charge is 0.154 e. The molecule has 0 heterocycles. The molecule has 2 heteroatoms. The van der Waals surface area contributed by atoms with Crippen molar-refractivity contribution in [3.63, 3.8) is 0 Å². The molecule has 1 unspecified atom stereocenters. The maximum absolute atomic E-state index is 9.59. The van der Waals surface area contributed by atoms with Gasteiger partial charge in [-0.3, -0.25) is 0 Å². The monoisotopic (exact) mass is 222 g/mol. The van der Waals surface area contributed by atoms with Gasteiger partial charge in [-0.05, 0) is 18.4 Å². The van der Waals surface area contributed by atoms with Crippen LogP contribution in [0.5, 0.6) is 0 Å². The molecule has 1 aromatic rings. The highest BCUT2D eigenvalue weighted by molar-refractivity contribution is 5.13. The molecule has 16 heavy (non-hydrogen) atoms. The Bertz CT molecular complexity index is 259. The minimum Gasteiger partial charge on any atom is -0.368 e. The van der Waals surface area contributed by atoms with Gasteiger partial charge in [0.15, 0.2) is 6.29 Å². The minimum absolute atomic E-state index is 0.496. The van der Waals surface area contributed by atoms with Crippen LogP contribution in [-0.2, 0) is 11.3 Å². The average molecular weight is 222 g/mol. The summed E-state index contributed by atoms with van der Waals surface area (Å²) in [6, 6.07) is 9.94. The van der Waals surface area contributed by atoms with Gasteiger partial charge in [0, 0.05) is 0 Å². The van der Waals surface area contributed by atoms with Crippen molar-refractivity contribution in [3.8, 4) is 0 Å². The van der Waals surface area contributed by atoms with E-state index < -0.39 is 6.29 Å². The van der Waals surface area contributed by atoms with E-state index in [2.05, 4.69) is 6.92 Å². The van der Waals surface area contributed by atoms with Gasteiger partial charge in [-0.1, -0.05) is 56.5 Å². The number of hydrogen-bond donors (Lipinski definition) is 1. The highest BCUT2D eigenvalue weighted by Gasteiger charge is 2.03. The molecule has 1 atom stereocenters. The zero-order valence-corrected chi connectivity index (χ0v) is 10.1. The van der Waals surface area contributed by atoms with E-state index in [1.54, 1.807) is 0 Å². The number of benzene rings is 1. The maximum atomic E-state index is 9.59. The standard InChI is InChI=1S/C14H22O2/c1-2-3-4-8-11-14(15)16-12-13-9-6-5-7-10-13/h5-7,9-10,14-15H,2-4,8,11-12H2,1H3. The third kappa shape index (κ3) is 5.89. The lowest BCUT2D eigenvalue weighted by Crippen LogP contribution is -2.11. The fraction of sp³-hybridized carbons (Fsp3) is 0.571. The second-order valence-electron chi connectivity index (χ2n) is 4.10. The third-order valence-corrected chi connectivity index (χ3v) is 2.59. The summed E-state index contributed by atoms with van der Waals surface area (Å²) in [5, 5.41) is 9.59. The van der Waals surface area contributed by atoms with Crippen LogP contribution >= 0.6 is 0 Å². The molecule has 0 aliphatic carbocycles. The molecule has 1 rings (SSSR count). The highest BCUT2D eigenvalue weighted by atomic mass is 16.6. The SMILES string of the molecule is CCCCCCC(O)OCc1ccccc1. The van der Waals surface area contributed by atoms with E-state index in [1.165, 1.54) is 19.3 Å². The van der Waals surface area contributed by atoms with Crippen LogP contribution in [-0.4, -0.2) is 11.4 Å². The minimum atomic E-state index is -0.614. The van der Waals surface area contributed by atoms with E-state index in [0.29, 0.717) is 6.61 Å². The number of aliphatic hydroxyl groups excluding tert-OH is 1. The molecule has 0 radical (unpaired) electrons. The summed E-state index contributed by atoms with van der Waals surface area (Å²) >= 11 is 0. The Morgan fingerprint density at radius 3 is 2.56 bits per heavy atom. The molecule has 2 nitrogen and oxygen atoms in total. The van der Waals surface area contributed by atoms with Crippen molar-refractivity contribution < 1.29 is 9.84 Å². The van der Waals surface area contributed by atoms with Crippen LogP contribution in [0.3, 0.4) is 0 Å². The van der Waals surface area contributed by atoms with Gasteiger partial charge in [0.2, 0.25) is 0 Å². The van der Waals surface area contributed by atoms with Crippen LogP contribution in [0, 0.1) is 0 Å². The molecule has 1 aromatic carbocycles. The number of hydrogen-bond acceptors (Lipinski definition) is 2. The fourth-order valence-electron chi connectivity index (χ4n) is 1.60. The van der Waals surface area contributed by atoms with E-state index >= 15 is 0 Å². The molecule has 0 saturated carbocycles. The lowest BCUT2D eigenvalue weighted by molar-refractivity contribution is -0.112. The summed E-state index contributed by atoms with van der Waals surface area (Å²) in [4.78, 5) is 0. The largest absolute Gasteiger partial charge is 0.368 e. The Morgan fingerprint density at radius 2 is 1.88 bits per heavy atom. The lowest BCUT2D eigenvalue weighted by Gasteiger charge is -2.11. The second kappa shape index (κ2) is 8.31. The van der Waals surface area contributed by atoms with Crippen LogP contribution < -0.4 is 0 Å². The van der Waals surface area contributed by atoms with Gasteiger partial charge in [-0.25, -0.2) is 0 Å². The van der Waals surface area contributed by atoms with Crippen molar-refractivity contribution >= 4 is 0 Å². The predicted octanol–water partition coefficient (Wildman–Crippen LogP) is 3.49. The molecule has 0 saturated heterocycles. The molecule has 0 fully saturated rings. The van der Waals surface area contributed by atoms with Crippen molar-refractivity contribution in [1.29, 1.82) is 0 Å². The van der Waals surface area contributed by atoms with Crippen molar-refractivity contribution in [2.24, 2.45) is 0 Å². The molecule has 1 N–H and O–H groups in total. The molecular formula is C14H22O2. The highest BCUT2D eigenvalue weighted by Crippen LogP contribution is 2.08. The average Bonchev–Trinajstić information content (AvgIpc) is 2.33. The first-order valence-electron chi connectivity index (χ1n) is 6.16. The van der Waals surface area contributed by atoms with Crippen LogP contribution in [0.15, 0.2) is 30.3 Å². The number of ether oxygens (including phenoxy) is 1. The van der Waals surface area contributed by atoms with E-state index in [4.69, 9.17) is 4.74 Å². The molecule has 0 aromatic heterocycles. The Morgan fingerprint density at radius 1 is 1.12 bits per heavy atom. The van der Waals surface area contributed by atoms with Gasteiger partial charge >= 0.3 is 0 Å². The summed E-state index contributed by atoms with van der Waals surface area (Å²) in [6.45, 7) is 2.68. The molecule has 0 aliphatic rings.